The first-order valence-electron chi connectivity index (χ1n) is 9.54. The molecular formula is C25H17ClF2N2O. The lowest BCUT2D eigenvalue weighted by Gasteiger charge is -2.10. The molecule has 1 amide bonds. The summed E-state index contributed by atoms with van der Waals surface area (Å²) < 4.78 is 27.1. The third-order valence-electron chi connectivity index (χ3n) is 4.86. The van der Waals surface area contributed by atoms with Crippen LogP contribution in [-0.4, -0.2) is 10.9 Å². The van der Waals surface area contributed by atoms with E-state index in [9.17, 15) is 13.6 Å². The van der Waals surface area contributed by atoms with E-state index in [0.717, 1.165) is 16.7 Å². The number of pyridine rings is 1. The second kappa shape index (κ2) is 9.06. The molecule has 6 heteroatoms. The normalized spacial score (nSPS) is 10.7. The number of rotatable bonds is 5. The predicted molar refractivity (Wildman–Crippen MR) is 118 cm³/mol. The molecule has 0 unspecified atom stereocenters. The van der Waals surface area contributed by atoms with Gasteiger partial charge < -0.3 is 5.32 Å². The minimum atomic E-state index is -0.380. The predicted octanol–water partition coefficient (Wildman–Crippen LogP) is 6.28. The average Bonchev–Trinajstić information content (AvgIpc) is 2.79. The molecule has 0 atom stereocenters. The molecule has 1 aromatic heterocycles. The van der Waals surface area contributed by atoms with Crippen molar-refractivity contribution >= 4 is 17.5 Å². The number of nitrogens with one attached hydrogen (secondary N) is 1. The number of halogens is 3. The molecule has 1 heterocycles. The van der Waals surface area contributed by atoms with E-state index in [0.29, 0.717) is 21.7 Å². The largest absolute Gasteiger partial charge is 0.348 e. The van der Waals surface area contributed by atoms with Crippen molar-refractivity contribution < 1.29 is 13.6 Å². The molecule has 0 spiro atoms. The number of amides is 1. The Morgan fingerprint density at radius 3 is 2.35 bits per heavy atom. The Kier molecular flexibility index (Phi) is 6.05. The van der Waals surface area contributed by atoms with Gasteiger partial charge in [0.25, 0.3) is 5.91 Å². The van der Waals surface area contributed by atoms with E-state index in [2.05, 4.69) is 10.3 Å². The smallest absolute Gasteiger partial charge is 0.253 e. The van der Waals surface area contributed by atoms with E-state index in [1.165, 1.54) is 30.6 Å². The maximum atomic E-state index is 14.0. The van der Waals surface area contributed by atoms with E-state index >= 15 is 0 Å². The molecule has 0 saturated carbocycles. The second-order valence-electron chi connectivity index (χ2n) is 6.94. The van der Waals surface area contributed by atoms with Crippen LogP contribution in [0.25, 0.3) is 22.3 Å². The van der Waals surface area contributed by atoms with Crippen LogP contribution in [0.1, 0.15) is 15.9 Å². The summed E-state index contributed by atoms with van der Waals surface area (Å²) in [6, 6.07) is 19.5. The van der Waals surface area contributed by atoms with Gasteiger partial charge in [-0.15, -0.1) is 0 Å². The first-order valence-corrected chi connectivity index (χ1v) is 9.91. The van der Waals surface area contributed by atoms with E-state index < -0.39 is 0 Å². The molecule has 0 aliphatic heterocycles. The minimum absolute atomic E-state index is 0.214. The van der Waals surface area contributed by atoms with Crippen molar-refractivity contribution in [3.05, 3.63) is 113 Å². The third-order valence-corrected chi connectivity index (χ3v) is 5.21. The van der Waals surface area contributed by atoms with Crippen LogP contribution in [0, 0.1) is 11.6 Å². The fourth-order valence-electron chi connectivity index (χ4n) is 3.20. The van der Waals surface area contributed by atoms with Crippen LogP contribution < -0.4 is 5.32 Å². The summed E-state index contributed by atoms with van der Waals surface area (Å²) in [6.07, 6.45) is 2.94. The average molecular weight is 435 g/mol. The van der Waals surface area contributed by atoms with Gasteiger partial charge in [-0.05, 0) is 47.0 Å². The highest BCUT2D eigenvalue weighted by Gasteiger charge is 2.11. The first kappa shape index (κ1) is 20.7. The van der Waals surface area contributed by atoms with Crippen LogP contribution in [0.15, 0.2) is 85.2 Å². The lowest BCUT2D eigenvalue weighted by Crippen LogP contribution is -2.23. The van der Waals surface area contributed by atoms with E-state index in [-0.39, 0.29) is 24.1 Å². The quantitative estimate of drug-likeness (QED) is 0.402. The van der Waals surface area contributed by atoms with Gasteiger partial charge in [0.05, 0.1) is 5.56 Å². The number of carbonyl (C=O) groups excluding carboxylic acids is 1. The summed E-state index contributed by atoms with van der Waals surface area (Å²) in [5, 5.41) is 3.30. The van der Waals surface area contributed by atoms with Gasteiger partial charge in [-0.2, -0.15) is 0 Å². The number of aromatic nitrogens is 1. The molecule has 0 aliphatic carbocycles. The first-order chi connectivity index (χ1) is 15.0. The van der Waals surface area contributed by atoms with Crippen LogP contribution >= 0.6 is 11.6 Å². The van der Waals surface area contributed by atoms with Crippen molar-refractivity contribution in [2.24, 2.45) is 0 Å². The molecule has 0 aliphatic rings. The maximum Gasteiger partial charge on any atom is 0.253 e. The fraction of sp³-hybridized carbons (Fsp3) is 0.0400. The highest BCUT2D eigenvalue weighted by molar-refractivity contribution is 6.31. The lowest BCUT2D eigenvalue weighted by atomic mass is 10.0. The minimum Gasteiger partial charge on any atom is -0.348 e. The van der Waals surface area contributed by atoms with E-state index in [1.807, 2.05) is 12.1 Å². The highest BCUT2D eigenvalue weighted by Crippen LogP contribution is 2.26. The van der Waals surface area contributed by atoms with Gasteiger partial charge in [0.2, 0.25) is 0 Å². The molecule has 3 nitrogen and oxygen atoms in total. The molecule has 1 N–H and O–H groups in total. The van der Waals surface area contributed by atoms with Crippen LogP contribution in [0.5, 0.6) is 0 Å². The monoisotopic (exact) mass is 434 g/mol. The number of carbonyl (C=O) groups is 1. The molecule has 0 radical (unpaired) electrons. The molecule has 0 fully saturated rings. The van der Waals surface area contributed by atoms with Gasteiger partial charge in [-0.3, -0.25) is 9.78 Å². The van der Waals surface area contributed by atoms with E-state index in [1.54, 1.807) is 42.5 Å². The van der Waals surface area contributed by atoms with Crippen molar-refractivity contribution in [1.29, 1.82) is 0 Å². The van der Waals surface area contributed by atoms with Gasteiger partial charge in [0.1, 0.15) is 11.6 Å². The number of hydrogen-bond acceptors (Lipinski definition) is 2. The molecule has 31 heavy (non-hydrogen) atoms. The van der Waals surface area contributed by atoms with Gasteiger partial charge in [0.15, 0.2) is 0 Å². The van der Waals surface area contributed by atoms with Crippen LogP contribution in [0.3, 0.4) is 0 Å². The Balaban J connectivity index is 1.47. The van der Waals surface area contributed by atoms with Crippen molar-refractivity contribution in [1.82, 2.24) is 10.3 Å². The summed E-state index contributed by atoms with van der Waals surface area (Å²) in [5.74, 6) is -1.03. The van der Waals surface area contributed by atoms with Gasteiger partial charge in [0, 0.05) is 35.1 Å². The van der Waals surface area contributed by atoms with Crippen LogP contribution in [0.4, 0.5) is 8.78 Å². The molecule has 0 saturated heterocycles. The summed E-state index contributed by atoms with van der Waals surface area (Å²) in [6.45, 7) is 0.214. The van der Waals surface area contributed by atoms with Gasteiger partial charge in [-0.25, -0.2) is 8.78 Å². The standard InChI is InChI=1S/C25H17ClF2N2O/c26-23-12-17(16-7-9-21(27)10-8-16)5-6-18(23)15-30-25(31)20-11-19(13-29-14-20)22-3-1-2-4-24(22)28/h1-14H,15H2,(H,30,31). The summed E-state index contributed by atoms with van der Waals surface area (Å²) >= 11 is 6.38. The van der Waals surface area contributed by atoms with Gasteiger partial charge >= 0.3 is 0 Å². The highest BCUT2D eigenvalue weighted by atomic mass is 35.5. The number of benzene rings is 3. The van der Waals surface area contributed by atoms with Crippen molar-refractivity contribution in [2.45, 2.75) is 6.54 Å². The van der Waals surface area contributed by atoms with Crippen LogP contribution in [-0.2, 0) is 6.54 Å². The number of hydrogen-bond donors (Lipinski definition) is 1. The topological polar surface area (TPSA) is 42.0 Å². The van der Waals surface area contributed by atoms with Gasteiger partial charge in [-0.1, -0.05) is 54.1 Å². The van der Waals surface area contributed by atoms with Crippen molar-refractivity contribution in [3.8, 4) is 22.3 Å². The van der Waals surface area contributed by atoms with E-state index in [4.69, 9.17) is 11.6 Å². The molecule has 0 bridgehead atoms. The van der Waals surface area contributed by atoms with Crippen LogP contribution in [0.2, 0.25) is 5.02 Å². The summed E-state index contributed by atoms with van der Waals surface area (Å²) in [4.78, 5) is 16.7. The second-order valence-corrected chi connectivity index (χ2v) is 7.35. The zero-order chi connectivity index (χ0) is 21.8. The fourth-order valence-corrected chi connectivity index (χ4v) is 3.44. The lowest BCUT2D eigenvalue weighted by molar-refractivity contribution is 0.0950. The van der Waals surface area contributed by atoms with Crippen molar-refractivity contribution in [2.75, 3.05) is 0 Å². The SMILES string of the molecule is O=C(NCc1ccc(-c2ccc(F)cc2)cc1Cl)c1cncc(-c2ccccc2F)c1. The Hall–Kier alpha value is -3.57. The molecule has 4 aromatic rings. The molecule has 4 rings (SSSR count). The third kappa shape index (κ3) is 4.78. The Morgan fingerprint density at radius 1 is 0.871 bits per heavy atom. The summed E-state index contributed by atoms with van der Waals surface area (Å²) in [5.41, 5.74) is 3.65. The summed E-state index contributed by atoms with van der Waals surface area (Å²) in [7, 11) is 0. The number of nitrogens with zero attached hydrogens (tertiary/aromatic N) is 1. The molecule has 154 valence electrons. The molecular weight excluding hydrogens is 418 g/mol. The Labute approximate surface area is 183 Å². The Bertz CT molecular complexity index is 1240. The Morgan fingerprint density at radius 2 is 1.61 bits per heavy atom. The zero-order valence-corrected chi connectivity index (χ0v) is 17.0. The molecule has 3 aromatic carbocycles. The maximum absolute atomic E-state index is 14.0. The zero-order valence-electron chi connectivity index (χ0n) is 16.3. The van der Waals surface area contributed by atoms with Crippen molar-refractivity contribution in [3.63, 3.8) is 0 Å².